The molecule has 0 bridgehead atoms. The zero-order valence-corrected chi connectivity index (χ0v) is 19.0. The molecule has 0 saturated carbocycles. The maximum absolute atomic E-state index is 12.0. The van der Waals surface area contributed by atoms with Crippen LogP contribution in [0.1, 0.15) is 46.0 Å². The van der Waals surface area contributed by atoms with Crippen molar-refractivity contribution < 1.29 is 24.0 Å². The van der Waals surface area contributed by atoms with E-state index in [0.717, 1.165) is 11.9 Å². The standard InChI is InChI=1S/C23H23N5O6/c1-13(2)14-5-7-17(8-6-14)26-20-19(28(31)32)21(25-12-24-20)27-18-10-15(22(29)33-3)9-16(11-18)23(30)34-4/h5-13H,1-4H3,(H2,24,25,26,27). The topological polar surface area (TPSA) is 146 Å². The lowest BCUT2D eigenvalue weighted by atomic mass is 10.0. The first-order valence-electron chi connectivity index (χ1n) is 10.2. The number of nitrogens with zero attached hydrogens (tertiary/aromatic N) is 3. The molecule has 3 aromatic rings. The van der Waals surface area contributed by atoms with Crippen molar-refractivity contribution in [3.05, 3.63) is 75.6 Å². The van der Waals surface area contributed by atoms with Gasteiger partial charge in [-0.2, -0.15) is 0 Å². The van der Waals surface area contributed by atoms with Crippen molar-refractivity contribution in [2.45, 2.75) is 19.8 Å². The lowest BCUT2D eigenvalue weighted by Crippen LogP contribution is -2.09. The predicted octanol–water partition coefficient (Wildman–Crippen LogP) is 4.57. The van der Waals surface area contributed by atoms with Crippen molar-refractivity contribution in [3.8, 4) is 0 Å². The molecule has 0 unspecified atom stereocenters. The predicted molar refractivity (Wildman–Crippen MR) is 125 cm³/mol. The minimum Gasteiger partial charge on any atom is -0.465 e. The van der Waals surface area contributed by atoms with Crippen molar-refractivity contribution in [1.29, 1.82) is 0 Å². The lowest BCUT2D eigenvalue weighted by molar-refractivity contribution is -0.383. The van der Waals surface area contributed by atoms with Crippen molar-refractivity contribution in [2.75, 3.05) is 24.9 Å². The number of hydrogen-bond donors (Lipinski definition) is 2. The van der Waals surface area contributed by atoms with Crippen LogP contribution in [0.2, 0.25) is 0 Å². The number of anilines is 4. The fourth-order valence-corrected chi connectivity index (χ4v) is 3.13. The van der Waals surface area contributed by atoms with E-state index in [0.29, 0.717) is 11.6 Å². The number of aromatic nitrogens is 2. The summed E-state index contributed by atoms with van der Waals surface area (Å²) in [6, 6.07) is 11.5. The molecule has 1 heterocycles. The molecule has 11 heteroatoms. The van der Waals surface area contributed by atoms with Crippen LogP contribution in [-0.2, 0) is 9.47 Å². The van der Waals surface area contributed by atoms with E-state index in [2.05, 4.69) is 34.4 Å². The first-order valence-corrected chi connectivity index (χ1v) is 10.2. The van der Waals surface area contributed by atoms with Gasteiger partial charge in [0.1, 0.15) is 6.33 Å². The molecule has 2 N–H and O–H groups in total. The van der Waals surface area contributed by atoms with E-state index < -0.39 is 22.5 Å². The van der Waals surface area contributed by atoms with Gasteiger partial charge in [0.05, 0.1) is 30.3 Å². The van der Waals surface area contributed by atoms with E-state index in [1.807, 2.05) is 12.1 Å². The van der Waals surface area contributed by atoms with Gasteiger partial charge in [-0.1, -0.05) is 26.0 Å². The van der Waals surface area contributed by atoms with Gasteiger partial charge in [-0.3, -0.25) is 10.1 Å². The normalized spacial score (nSPS) is 10.5. The van der Waals surface area contributed by atoms with E-state index in [1.165, 1.54) is 32.4 Å². The summed E-state index contributed by atoms with van der Waals surface area (Å²) in [7, 11) is 2.39. The maximum atomic E-state index is 12.0. The molecule has 0 aliphatic rings. The molecule has 1 aromatic heterocycles. The van der Waals surface area contributed by atoms with Crippen LogP contribution in [0.15, 0.2) is 48.8 Å². The second kappa shape index (κ2) is 10.4. The monoisotopic (exact) mass is 465 g/mol. The van der Waals surface area contributed by atoms with Crippen LogP contribution in [0.25, 0.3) is 0 Å². The van der Waals surface area contributed by atoms with E-state index in [9.17, 15) is 19.7 Å². The highest BCUT2D eigenvalue weighted by molar-refractivity contribution is 5.97. The zero-order chi connectivity index (χ0) is 24.8. The number of nitro groups is 1. The van der Waals surface area contributed by atoms with Crippen LogP contribution in [0, 0.1) is 10.1 Å². The van der Waals surface area contributed by atoms with Gasteiger partial charge in [-0.15, -0.1) is 0 Å². The molecule has 34 heavy (non-hydrogen) atoms. The number of hydrogen-bond acceptors (Lipinski definition) is 10. The third-order valence-corrected chi connectivity index (χ3v) is 4.88. The van der Waals surface area contributed by atoms with E-state index in [1.54, 1.807) is 12.1 Å². The van der Waals surface area contributed by atoms with E-state index >= 15 is 0 Å². The molecular formula is C23H23N5O6. The van der Waals surface area contributed by atoms with Crippen LogP contribution in [0.4, 0.5) is 28.7 Å². The second-order valence-corrected chi connectivity index (χ2v) is 7.49. The fourth-order valence-electron chi connectivity index (χ4n) is 3.13. The van der Waals surface area contributed by atoms with Crippen LogP contribution < -0.4 is 10.6 Å². The maximum Gasteiger partial charge on any atom is 0.353 e. The number of rotatable bonds is 8. The Bertz CT molecular complexity index is 1190. The largest absolute Gasteiger partial charge is 0.465 e. The summed E-state index contributed by atoms with van der Waals surface area (Å²) in [6.07, 6.45) is 1.16. The number of ether oxygens (including phenoxy) is 2. The summed E-state index contributed by atoms with van der Waals surface area (Å²) in [5.74, 6) is -1.22. The molecule has 0 saturated heterocycles. The molecule has 0 aliphatic heterocycles. The Morgan fingerprint density at radius 1 is 0.882 bits per heavy atom. The number of benzene rings is 2. The van der Waals surface area contributed by atoms with Gasteiger partial charge in [-0.25, -0.2) is 19.6 Å². The number of esters is 2. The van der Waals surface area contributed by atoms with Gasteiger partial charge in [0, 0.05) is 11.4 Å². The fraction of sp³-hybridized carbons (Fsp3) is 0.217. The van der Waals surface area contributed by atoms with Crippen molar-refractivity contribution >= 4 is 40.6 Å². The summed E-state index contributed by atoms with van der Waals surface area (Å²) in [6.45, 7) is 4.13. The van der Waals surface area contributed by atoms with Crippen LogP contribution in [-0.4, -0.2) is 41.0 Å². The Labute approximate surface area is 195 Å². The minimum absolute atomic E-state index is 0.0305. The summed E-state index contributed by atoms with van der Waals surface area (Å²) in [5.41, 5.74) is 1.60. The Morgan fingerprint density at radius 3 is 1.82 bits per heavy atom. The minimum atomic E-state index is -0.696. The summed E-state index contributed by atoms with van der Waals surface area (Å²) in [5, 5.41) is 17.6. The number of nitrogens with one attached hydrogen (secondary N) is 2. The summed E-state index contributed by atoms with van der Waals surface area (Å²) < 4.78 is 9.44. The van der Waals surface area contributed by atoms with Crippen molar-refractivity contribution in [1.82, 2.24) is 9.97 Å². The first-order chi connectivity index (χ1) is 16.2. The Morgan fingerprint density at radius 2 is 1.38 bits per heavy atom. The highest BCUT2D eigenvalue weighted by atomic mass is 16.6. The molecule has 0 atom stereocenters. The molecule has 3 rings (SSSR count). The first kappa shape index (κ1) is 24.1. The van der Waals surface area contributed by atoms with Crippen molar-refractivity contribution in [2.24, 2.45) is 0 Å². The summed E-state index contributed by atoms with van der Waals surface area (Å²) in [4.78, 5) is 43.4. The molecule has 11 nitrogen and oxygen atoms in total. The third kappa shape index (κ3) is 5.44. The molecule has 0 amide bonds. The quantitative estimate of drug-likeness (QED) is 0.275. The second-order valence-electron chi connectivity index (χ2n) is 7.49. The number of carbonyl (C=O) groups excluding carboxylic acids is 2. The van der Waals surface area contributed by atoms with Crippen molar-refractivity contribution in [3.63, 3.8) is 0 Å². The van der Waals surface area contributed by atoms with Crippen LogP contribution in [0.5, 0.6) is 0 Å². The van der Waals surface area contributed by atoms with E-state index in [-0.39, 0.29) is 28.5 Å². The average Bonchev–Trinajstić information content (AvgIpc) is 2.83. The number of methoxy groups -OCH3 is 2. The molecule has 176 valence electrons. The lowest BCUT2D eigenvalue weighted by Gasteiger charge is -2.12. The SMILES string of the molecule is COC(=O)c1cc(Nc2ncnc(Nc3ccc(C(C)C)cc3)c2[N+](=O)[O-])cc(C(=O)OC)c1. The van der Waals surface area contributed by atoms with Gasteiger partial charge in [0.2, 0.25) is 11.6 Å². The van der Waals surface area contributed by atoms with Gasteiger partial charge in [-0.05, 0) is 41.8 Å². The van der Waals surface area contributed by atoms with E-state index in [4.69, 9.17) is 9.47 Å². The highest BCUT2D eigenvalue weighted by Crippen LogP contribution is 2.33. The zero-order valence-electron chi connectivity index (χ0n) is 19.0. The number of carbonyl (C=O) groups is 2. The molecule has 0 spiro atoms. The Hall–Kier alpha value is -4.54. The van der Waals surface area contributed by atoms with Gasteiger partial charge in [0.15, 0.2) is 0 Å². The third-order valence-electron chi connectivity index (χ3n) is 4.88. The van der Waals surface area contributed by atoms with Gasteiger partial charge >= 0.3 is 17.6 Å². The molecule has 2 aromatic carbocycles. The Kier molecular flexibility index (Phi) is 7.36. The molecule has 0 fully saturated rings. The molecule has 0 aliphatic carbocycles. The van der Waals surface area contributed by atoms with Gasteiger partial charge < -0.3 is 20.1 Å². The smallest absolute Gasteiger partial charge is 0.353 e. The Balaban J connectivity index is 2.00. The van der Waals surface area contributed by atoms with Crippen LogP contribution >= 0.6 is 0 Å². The van der Waals surface area contributed by atoms with Gasteiger partial charge in [0.25, 0.3) is 0 Å². The highest BCUT2D eigenvalue weighted by Gasteiger charge is 2.24. The summed E-state index contributed by atoms with van der Waals surface area (Å²) >= 11 is 0. The van der Waals surface area contributed by atoms with Crippen LogP contribution in [0.3, 0.4) is 0 Å². The average molecular weight is 465 g/mol. The molecule has 0 radical (unpaired) electrons. The molecular weight excluding hydrogens is 442 g/mol.